The molecule has 8 heteroatoms. The molecule has 3 aromatic rings. The van der Waals surface area contributed by atoms with Gasteiger partial charge in [0, 0.05) is 28.1 Å². The zero-order valence-corrected chi connectivity index (χ0v) is 13.7. The monoisotopic (exact) mass is 347 g/mol. The highest BCUT2D eigenvalue weighted by Crippen LogP contribution is 2.26. The molecule has 0 unspecified atom stereocenters. The van der Waals surface area contributed by atoms with Gasteiger partial charge >= 0.3 is 0 Å². The molecule has 3 rings (SSSR count). The van der Waals surface area contributed by atoms with Crippen LogP contribution in [-0.4, -0.2) is 25.7 Å². The molecule has 1 amide bonds. The van der Waals surface area contributed by atoms with Crippen LogP contribution in [0.1, 0.15) is 11.3 Å². The molecule has 1 aromatic carbocycles. The van der Waals surface area contributed by atoms with Gasteiger partial charge in [0.25, 0.3) is 0 Å². The number of thiazole rings is 1. The normalized spacial score (nSPS) is 10.7. The Hall–Kier alpha value is -2.25. The Morgan fingerprint density at radius 2 is 2.13 bits per heavy atom. The van der Waals surface area contributed by atoms with Gasteiger partial charge in [-0.25, -0.2) is 9.97 Å². The average molecular weight is 348 g/mol. The number of halogens is 1. The number of nitrogens with one attached hydrogen (secondary N) is 1. The van der Waals surface area contributed by atoms with E-state index >= 15 is 0 Å². The van der Waals surface area contributed by atoms with E-state index in [1.54, 1.807) is 28.5 Å². The molecule has 0 bridgehead atoms. The van der Waals surface area contributed by atoms with E-state index in [9.17, 15) is 4.79 Å². The highest BCUT2D eigenvalue weighted by Gasteiger charge is 2.07. The van der Waals surface area contributed by atoms with Crippen LogP contribution in [0.15, 0.2) is 43.1 Å². The molecule has 0 aliphatic heterocycles. The van der Waals surface area contributed by atoms with Gasteiger partial charge in [-0.3, -0.25) is 9.48 Å². The van der Waals surface area contributed by atoms with Crippen molar-refractivity contribution in [3.8, 4) is 10.6 Å². The Morgan fingerprint density at radius 1 is 1.30 bits per heavy atom. The van der Waals surface area contributed by atoms with E-state index in [0.717, 1.165) is 15.4 Å². The van der Waals surface area contributed by atoms with Crippen LogP contribution in [0.5, 0.6) is 0 Å². The zero-order valence-electron chi connectivity index (χ0n) is 12.1. The molecule has 0 atom stereocenters. The van der Waals surface area contributed by atoms with Gasteiger partial charge < -0.3 is 5.32 Å². The number of aromatic nitrogens is 4. The molecule has 0 fully saturated rings. The summed E-state index contributed by atoms with van der Waals surface area (Å²) in [7, 11) is 0. The van der Waals surface area contributed by atoms with Crippen molar-refractivity contribution in [2.24, 2.45) is 0 Å². The lowest BCUT2D eigenvalue weighted by Gasteiger charge is -2.03. The SMILES string of the molecule is O=C(CCn1cncn1)NCc1cnc(-c2ccc(Cl)cc2)s1. The second kappa shape index (κ2) is 7.34. The molecule has 0 spiro atoms. The topological polar surface area (TPSA) is 72.7 Å². The molecule has 0 aliphatic rings. The first-order valence-electron chi connectivity index (χ1n) is 7.00. The molecule has 1 N–H and O–H groups in total. The number of amides is 1. The molecule has 2 heterocycles. The standard InChI is InChI=1S/C15H14ClN5OS/c16-12-3-1-11(2-4-12)15-19-8-13(23-15)7-18-14(22)5-6-21-10-17-9-20-21/h1-4,8-10H,5-7H2,(H,18,22). The highest BCUT2D eigenvalue weighted by molar-refractivity contribution is 7.15. The van der Waals surface area contributed by atoms with E-state index in [1.807, 2.05) is 24.3 Å². The van der Waals surface area contributed by atoms with Gasteiger partial charge in [0.2, 0.25) is 5.91 Å². The van der Waals surface area contributed by atoms with Crippen LogP contribution in [-0.2, 0) is 17.9 Å². The van der Waals surface area contributed by atoms with E-state index in [2.05, 4.69) is 20.4 Å². The van der Waals surface area contributed by atoms with E-state index < -0.39 is 0 Å². The number of carbonyl (C=O) groups excluding carboxylic acids is 1. The van der Waals surface area contributed by atoms with Crippen molar-refractivity contribution >= 4 is 28.8 Å². The minimum Gasteiger partial charge on any atom is -0.351 e. The number of hydrogen-bond donors (Lipinski definition) is 1. The van der Waals surface area contributed by atoms with E-state index in [4.69, 9.17) is 11.6 Å². The molecule has 23 heavy (non-hydrogen) atoms. The van der Waals surface area contributed by atoms with Crippen LogP contribution < -0.4 is 5.32 Å². The highest BCUT2D eigenvalue weighted by atomic mass is 35.5. The van der Waals surface area contributed by atoms with Gasteiger partial charge in [0.1, 0.15) is 17.7 Å². The van der Waals surface area contributed by atoms with Crippen LogP contribution >= 0.6 is 22.9 Å². The predicted molar refractivity (Wildman–Crippen MR) is 89.0 cm³/mol. The average Bonchev–Trinajstić information content (AvgIpc) is 3.23. The van der Waals surface area contributed by atoms with Crippen LogP contribution in [0.3, 0.4) is 0 Å². The maximum Gasteiger partial charge on any atom is 0.222 e. The van der Waals surface area contributed by atoms with Crippen molar-refractivity contribution in [3.63, 3.8) is 0 Å². The van der Waals surface area contributed by atoms with E-state index in [0.29, 0.717) is 24.5 Å². The minimum absolute atomic E-state index is 0.0260. The van der Waals surface area contributed by atoms with E-state index in [-0.39, 0.29) is 5.91 Å². The van der Waals surface area contributed by atoms with Gasteiger partial charge in [-0.2, -0.15) is 5.10 Å². The summed E-state index contributed by atoms with van der Waals surface area (Å²) in [6, 6.07) is 7.54. The Kier molecular flexibility index (Phi) is 4.99. The van der Waals surface area contributed by atoms with Crippen molar-refractivity contribution in [3.05, 3.63) is 53.0 Å². The van der Waals surface area contributed by atoms with Gasteiger partial charge in [-0.05, 0) is 12.1 Å². The first-order chi connectivity index (χ1) is 11.2. The lowest BCUT2D eigenvalue weighted by molar-refractivity contribution is -0.121. The number of carbonyl (C=O) groups is 1. The summed E-state index contributed by atoms with van der Waals surface area (Å²) < 4.78 is 1.63. The first kappa shape index (κ1) is 15.6. The van der Waals surface area contributed by atoms with Crippen LogP contribution in [0, 0.1) is 0 Å². The first-order valence-corrected chi connectivity index (χ1v) is 8.20. The summed E-state index contributed by atoms with van der Waals surface area (Å²) >= 11 is 7.43. The third-order valence-corrected chi connectivity index (χ3v) is 4.44. The number of aryl methyl sites for hydroxylation is 1. The molecule has 6 nitrogen and oxygen atoms in total. The van der Waals surface area contributed by atoms with Gasteiger partial charge in [0.05, 0.1) is 13.1 Å². The Balaban J connectivity index is 1.50. The Bertz CT molecular complexity index is 770. The molecule has 118 valence electrons. The molecule has 0 saturated carbocycles. The van der Waals surface area contributed by atoms with Crippen LogP contribution in [0.4, 0.5) is 0 Å². The van der Waals surface area contributed by atoms with Crippen molar-refractivity contribution < 1.29 is 4.79 Å². The molecule has 0 saturated heterocycles. The number of nitrogens with zero attached hydrogens (tertiary/aromatic N) is 4. The molecular weight excluding hydrogens is 334 g/mol. The lowest BCUT2D eigenvalue weighted by atomic mass is 10.2. The predicted octanol–water partition coefficient (Wildman–Crippen LogP) is 2.76. The summed E-state index contributed by atoms with van der Waals surface area (Å²) in [5.74, 6) is -0.0260. The Morgan fingerprint density at radius 3 is 2.87 bits per heavy atom. The van der Waals surface area contributed by atoms with Crippen molar-refractivity contribution in [2.45, 2.75) is 19.5 Å². The number of hydrogen-bond acceptors (Lipinski definition) is 5. The minimum atomic E-state index is -0.0260. The second-order valence-corrected chi connectivity index (χ2v) is 6.38. The second-order valence-electron chi connectivity index (χ2n) is 4.82. The maximum atomic E-state index is 11.8. The van der Waals surface area contributed by atoms with Gasteiger partial charge in [-0.1, -0.05) is 23.7 Å². The van der Waals surface area contributed by atoms with Crippen LogP contribution in [0.25, 0.3) is 10.6 Å². The van der Waals surface area contributed by atoms with Gasteiger partial charge in [-0.15, -0.1) is 11.3 Å². The molecule has 0 radical (unpaired) electrons. The molecule has 0 aliphatic carbocycles. The number of benzene rings is 1. The third-order valence-electron chi connectivity index (χ3n) is 3.14. The summed E-state index contributed by atoms with van der Waals surface area (Å²) in [5, 5.41) is 8.45. The van der Waals surface area contributed by atoms with Crippen molar-refractivity contribution in [1.29, 1.82) is 0 Å². The fourth-order valence-electron chi connectivity index (χ4n) is 1.95. The largest absolute Gasteiger partial charge is 0.351 e. The van der Waals surface area contributed by atoms with Crippen LogP contribution in [0.2, 0.25) is 5.02 Å². The fourth-order valence-corrected chi connectivity index (χ4v) is 2.94. The smallest absolute Gasteiger partial charge is 0.222 e. The summed E-state index contributed by atoms with van der Waals surface area (Å²) in [6.07, 6.45) is 5.20. The third kappa shape index (κ3) is 4.37. The lowest BCUT2D eigenvalue weighted by Crippen LogP contribution is -2.23. The zero-order chi connectivity index (χ0) is 16.1. The van der Waals surface area contributed by atoms with E-state index in [1.165, 1.54) is 6.33 Å². The van der Waals surface area contributed by atoms with Gasteiger partial charge in [0.15, 0.2) is 0 Å². The summed E-state index contributed by atoms with van der Waals surface area (Å²) in [4.78, 5) is 21.0. The quantitative estimate of drug-likeness (QED) is 0.744. The number of rotatable bonds is 6. The fraction of sp³-hybridized carbons (Fsp3) is 0.200. The summed E-state index contributed by atoms with van der Waals surface area (Å²) in [5.41, 5.74) is 1.02. The molecular formula is C15H14ClN5OS. The molecule has 2 aromatic heterocycles. The Labute approximate surface area is 142 Å². The van der Waals surface area contributed by atoms with Crippen molar-refractivity contribution in [2.75, 3.05) is 0 Å². The maximum absolute atomic E-state index is 11.8. The van der Waals surface area contributed by atoms with Crippen molar-refractivity contribution in [1.82, 2.24) is 25.1 Å². The summed E-state index contributed by atoms with van der Waals surface area (Å²) in [6.45, 7) is 0.992.